The Hall–Kier alpha value is -0.550. The number of benzene rings is 1. The van der Waals surface area contributed by atoms with Crippen molar-refractivity contribution in [2.75, 3.05) is 0 Å². The first-order valence-electron chi connectivity index (χ1n) is 3.91. The molecule has 0 bridgehead atoms. The molecular formula is C9H9Br2NO2. The predicted molar refractivity (Wildman–Crippen MR) is 61.1 cm³/mol. The zero-order valence-electron chi connectivity index (χ0n) is 7.46. The third kappa shape index (κ3) is 2.99. The maximum atomic E-state index is 10.8. The van der Waals surface area contributed by atoms with Crippen LogP contribution in [-0.4, -0.2) is 12.0 Å². The lowest BCUT2D eigenvalue weighted by molar-refractivity contribution is -0.124. The number of carbonyl (C=O) groups is 1. The van der Waals surface area contributed by atoms with Crippen LogP contribution in [-0.2, 0) is 4.79 Å². The van der Waals surface area contributed by atoms with Crippen molar-refractivity contribution in [3.8, 4) is 5.75 Å². The van der Waals surface area contributed by atoms with Crippen molar-refractivity contribution in [3.05, 3.63) is 27.1 Å². The van der Waals surface area contributed by atoms with E-state index in [1.807, 2.05) is 12.1 Å². The Bertz CT molecular complexity index is 355. The first kappa shape index (κ1) is 11.5. The first-order valence-corrected chi connectivity index (χ1v) is 5.50. The van der Waals surface area contributed by atoms with Gasteiger partial charge in [-0.3, -0.25) is 4.79 Å². The minimum Gasteiger partial charge on any atom is -0.480 e. The van der Waals surface area contributed by atoms with E-state index in [0.717, 1.165) is 8.95 Å². The Morgan fingerprint density at radius 1 is 1.50 bits per heavy atom. The van der Waals surface area contributed by atoms with Crippen molar-refractivity contribution in [2.24, 2.45) is 5.73 Å². The Labute approximate surface area is 98.9 Å². The molecule has 0 aliphatic carbocycles. The number of hydrogen-bond donors (Lipinski definition) is 1. The van der Waals surface area contributed by atoms with Crippen LogP contribution in [0.1, 0.15) is 6.92 Å². The monoisotopic (exact) mass is 321 g/mol. The van der Waals surface area contributed by atoms with Gasteiger partial charge in [-0.2, -0.15) is 0 Å². The topological polar surface area (TPSA) is 52.3 Å². The van der Waals surface area contributed by atoms with Crippen molar-refractivity contribution in [2.45, 2.75) is 13.0 Å². The molecule has 0 spiro atoms. The number of halogens is 2. The van der Waals surface area contributed by atoms with E-state index in [-0.39, 0.29) is 0 Å². The SMILES string of the molecule is C[C@H](Oc1ccc(Br)cc1Br)C(N)=O. The van der Waals surface area contributed by atoms with Crippen LogP contribution in [0.5, 0.6) is 5.75 Å². The van der Waals surface area contributed by atoms with Gasteiger partial charge in [-0.05, 0) is 41.1 Å². The van der Waals surface area contributed by atoms with Crippen molar-refractivity contribution in [1.29, 1.82) is 0 Å². The summed E-state index contributed by atoms with van der Waals surface area (Å²) in [4.78, 5) is 10.8. The van der Waals surface area contributed by atoms with Crippen LogP contribution in [0.3, 0.4) is 0 Å². The molecule has 0 aliphatic heterocycles. The molecule has 1 atom stereocenters. The van der Waals surface area contributed by atoms with E-state index in [1.165, 1.54) is 0 Å². The fraction of sp³-hybridized carbons (Fsp3) is 0.222. The Balaban J connectivity index is 2.82. The van der Waals surface area contributed by atoms with Gasteiger partial charge < -0.3 is 10.5 Å². The maximum absolute atomic E-state index is 10.8. The normalized spacial score (nSPS) is 12.2. The zero-order chi connectivity index (χ0) is 10.7. The van der Waals surface area contributed by atoms with E-state index in [9.17, 15) is 4.79 Å². The second-order valence-corrected chi connectivity index (χ2v) is 4.51. The fourth-order valence-corrected chi connectivity index (χ4v) is 1.96. The van der Waals surface area contributed by atoms with E-state index >= 15 is 0 Å². The van der Waals surface area contributed by atoms with Gasteiger partial charge in [0.1, 0.15) is 5.75 Å². The van der Waals surface area contributed by atoms with Crippen LogP contribution in [0.2, 0.25) is 0 Å². The van der Waals surface area contributed by atoms with Gasteiger partial charge in [0.2, 0.25) is 0 Å². The van der Waals surface area contributed by atoms with Gasteiger partial charge in [0.05, 0.1) is 4.47 Å². The van der Waals surface area contributed by atoms with Crippen molar-refractivity contribution < 1.29 is 9.53 Å². The molecule has 2 N–H and O–H groups in total. The van der Waals surface area contributed by atoms with Crippen LogP contribution in [0.25, 0.3) is 0 Å². The molecule has 1 amide bonds. The van der Waals surface area contributed by atoms with Gasteiger partial charge in [0, 0.05) is 4.47 Å². The van der Waals surface area contributed by atoms with Gasteiger partial charge >= 0.3 is 0 Å². The molecule has 5 heteroatoms. The van der Waals surface area contributed by atoms with Crippen LogP contribution in [0, 0.1) is 0 Å². The van der Waals surface area contributed by atoms with E-state index in [1.54, 1.807) is 13.0 Å². The summed E-state index contributed by atoms with van der Waals surface area (Å²) in [6.07, 6.45) is -0.632. The summed E-state index contributed by atoms with van der Waals surface area (Å²) in [5.41, 5.74) is 5.08. The molecule has 0 aromatic heterocycles. The second kappa shape index (κ2) is 4.79. The highest BCUT2D eigenvalue weighted by Crippen LogP contribution is 2.28. The average molecular weight is 323 g/mol. The highest BCUT2D eigenvalue weighted by atomic mass is 79.9. The molecule has 0 fully saturated rings. The number of amides is 1. The number of carbonyl (C=O) groups excluding carboxylic acids is 1. The smallest absolute Gasteiger partial charge is 0.258 e. The lowest BCUT2D eigenvalue weighted by Gasteiger charge is -2.12. The van der Waals surface area contributed by atoms with E-state index < -0.39 is 12.0 Å². The lowest BCUT2D eigenvalue weighted by Crippen LogP contribution is -2.30. The molecule has 0 saturated heterocycles. The van der Waals surface area contributed by atoms with Crippen molar-refractivity contribution in [3.63, 3.8) is 0 Å². The van der Waals surface area contributed by atoms with Crippen molar-refractivity contribution >= 4 is 37.8 Å². The average Bonchev–Trinajstić information content (AvgIpc) is 2.09. The standard InChI is InChI=1S/C9H9Br2NO2/c1-5(9(12)13)14-8-3-2-6(10)4-7(8)11/h2-5H,1H3,(H2,12,13)/t5-/m0/s1. The number of nitrogens with two attached hydrogens (primary N) is 1. The molecule has 0 unspecified atom stereocenters. The number of primary amides is 1. The zero-order valence-corrected chi connectivity index (χ0v) is 10.6. The third-order valence-corrected chi connectivity index (χ3v) is 2.71. The molecule has 1 aromatic rings. The maximum Gasteiger partial charge on any atom is 0.258 e. The largest absolute Gasteiger partial charge is 0.480 e. The number of hydrogen-bond acceptors (Lipinski definition) is 2. The Kier molecular flexibility index (Phi) is 3.95. The molecule has 1 rings (SSSR count). The molecule has 0 aliphatic rings. The summed E-state index contributed by atoms with van der Waals surface area (Å²) >= 11 is 6.63. The van der Waals surface area contributed by atoms with E-state index in [0.29, 0.717) is 5.75 Å². The van der Waals surface area contributed by atoms with Crippen LogP contribution < -0.4 is 10.5 Å². The third-order valence-electron chi connectivity index (χ3n) is 1.60. The Morgan fingerprint density at radius 3 is 2.64 bits per heavy atom. The molecule has 0 heterocycles. The summed E-state index contributed by atoms with van der Waals surface area (Å²) in [5, 5.41) is 0. The lowest BCUT2D eigenvalue weighted by atomic mass is 10.3. The summed E-state index contributed by atoms with van der Waals surface area (Å²) in [7, 11) is 0. The van der Waals surface area contributed by atoms with Crippen LogP contribution in [0.15, 0.2) is 27.1 Å². The van der Waals surface area contributed by atoms with Gasteiger partial charge in [0.25, 0.3) is 5.91 Å². The number of ether oxygens (including phenoxy) is 1. The minimum atomic E-state index is -0.632. The molecule has 0 radical (unpaired) electrons. The summed E-state index contributed by atoms with van der Waals surface area (Å²) in [5.74, 6) is 0.110. The highest BCUT2D eigenvalue weighted by molar-refractivity contribution is 9.11. The van der Waals surface area contributed by atoms with Crippen molar-refractivity contribution in [1.82, 2.24) is 0 Å². The molecule has 1 aromatic carbocycles. The molecule has 3 nitrogen and oxygen atoms in total. The summed E-state index contributed by atoms with van der Waals surface area (Å²) in [6.45, 7) is 1.61. The first-order chi connectivity index (χ1) is 6.50. The summed E-state index contributed by atoms with van der Waals surface area (Å²) in [6, 6.07) is 5.42. The fourth-order valence-electron chi connectivity index (χ4n) is 0.819. The minimum absolute atomic E-state index is 0.486. The molecule has 76 valence electrons. The quantitative estimate of drug-likeness (QED) is 0.929. The Morgan fingerprint density at radius 2 is 2.14 bits per heavy atom. The number of rotatable bonds is 3. The van der Waals surface area contributed by atoms with Crippen LogP contribution in [0.4, 0.5) is 0 Å². The van der Waals surface area contributed by atoms with Gasteiger partial charge in [-0.25, -0.2) is 0 Å². The molecule has 0 saturated carbocycles. The van der Waals surface area contributed by atoms with E-state index in [2.05, 4.69) is 31.9 Å². The van der Waals surface area contributed by atoms with Gasteiger partial charge in [-0.15, -0.1) is 0 Å². The molecule has 14 heavy (non-hydrogen) atoms. The van der Waals surface area contributed by atoms with Gasteiger partial charge in [-0.1, -0.05) is 15.9 Å². The molecular weight excluding hydrogens is 314 g/mol. The summed E-state index contributed by atoms with van der Waals surface area (Å²) < 4.78 is 7.03. The van der Waals surface area contributed by atoms with Gasteiger partial charge in [0.15, 0.2) is 6.10 Å². The second-order valence-electron chi connectivity index (χ2n) is 2.74. The van der Waals surface area contributed by atoms with Crippen LogP contribution >= 0.6 is 31.9 Å². The highest BCUT2D eigenvalue weighted by Gasteiger charge is 2.11. The van der Waals surface area contributed by atoms with E-state index in [4.69, 9.17) is 10.5 Å². The predicted octanol–water partition coefficient (Wildman–Crippen LogP) is 2.46.